The first-order valence-corrected chi connectivity index (χ1v) is 7.23. The molecule has 1 atom stereocenters. The molecule has 0 saturated heterocycles. The van der Waals surface area contributed by atoms with Gasteiger partial charge in [-0.3, -0.25) is 14.9 Å². The van der Waals surface area contributed by atoms with Crippen LogP contribution in [0.5, 0.6) is 5.75 Å². The van der Waals surface area contributed by atoms with Crippen molar-refractivity contribution in [2.45, 2.75) is 19.4 Å². The van der Waals surface area contributed by atoms with Crippen molar-refractivity contribution in [2.75, 3.05) is 0 Å². The molecule has 0 saturated carbocycles. The molecule has 7 heteroatoms. The van der Waals surface area contributed by atoms with Crippen LogP contribution in [0.4, 0.5) is 5.69 Å². The van der Waals surface area contributed by atoms with Gasteiger partial charge in [-0.05, 0) is 11.6 Å². The molecule has 0 aliphatic carbocycles. The Bertz CT molecular complexity index is 746. The van der Waals surface area contributed by atoms with Crippen molar-refractivity contribution >= 4 is 17.6 Å². The number of nitrogens with one attached hydrogen (secondary N) is 1. The fraction of sp³-hybridized carbons (Fsp3) is 0.176. The number of nitro groups is 1. The Hall–Kier alpha value is -3.22. The molecule has 1 amide bonds. The average Bonchev–Trinajstić information content (AvgIpc) is 2.55. The summed E-state index contributed by atoms with van der Waals surface area (Å²) in [5.41, 5.74) is 0.517. The molecule has 0 spiro atoms. The summed E-state index contributed by atoms with van der Waals surface area (Å²) >= 11 is 0. The number of rotatable bonds is 6. The van der Waals surface area contributed by atoms with Crippen LogP contribution < -0.4 is 10.1 Å². The van der Waals surface area contributed by atoms with E-state index in [2.05, 4.69) is 5.32 Å². The number of amides is 1. The molecule has 0 fully saturated rings. The summed E-state index contributed by atoms with van der Waals surface area (Å²) in [5, 5.41) is 13.5. The SMILES string of the molecule is CC(=O)N[C@@H](Cc1ccccc1)C(=O)Oc1ccccc1[N+](=O)[O-]. The molecular weight excluding hydrogens is 312 g/mol. The number of nitro benzene ring substituents is 1. The third kappa shape index (κ3) is 4.64. The lowest BCUT2D eigenvalue weighted by Gasteiger charge is -2.16. The molecule has 0 bridgehead atoms. The average molecular weight is 328 g/mol. The lowest BCUT2D eigenvalue weighted by atomic mass is 10.1. The van der Waals surface area contributed by atoms with Crippen molar-refractivity contribution in [2.24, 2.45) is 0 Å². The van der Waals surface area contributed by atoms with Gasteiger partial charge < -0.3 is 10.1 Å². The van der Waals surface area contributed by atoms with Crippen molar-refractivity contribution < 1.29 is 19.2 Å². The lowest BCUT2D eigenvalue weighted by Crippen LogP contribution is -2.43. The first-order chi connectivity index (χ1) is 11.5. The molecule has 0 unspecified atom stereocenters. The van der Waals surface area contributed by atoms with Gasteiger partial charge in [0.2, 0.25) is 11.7 Å². The van der Waals surface area contributed by atoms with Crippen LogP contribution in [0.25, 0.3) is 0 Å². The fourth-order valence-electron chi connectivity index (χ4n) is 2.16. The molecule has 2 aromatic carbocycles. The van der Waals surface area contributed by atoms with Crippen LogP contribution in [0.2, 0.25) is 0 Å². The maximum atomic E-state index is 12.4. The second-order valence-electron chi connectivity index (χ2n) is 5.09. The largest absolute Gasteiger partial charge is 0.418 e. The van der Waals surface area contributed by atoms with Gasteiger partial charge in [0.15, 0.2) is 0 Å². The van der Waals surface area contributed by atoms with Crippen LogP contribution in [-0.2, 0) is 16.0 Å². The molecule has 0 aliphatic heterocycles. The van der Waals surface area contributed by atoms with Gasteiger partial charge in [-0.15, -0.1) is 0 Å². The monoisotopic (exact) mass is 328 g/mol. The van der Waals surface area contributed by atoms with Gasteiger partial charge in [0.1, 0.15) is 6.04 Å². The van der Waals surface area contributed by atoms with Crippen LogP contribution >= 0.6 is 0 Å². The normalized spacial score (nSPS) is 11.4. The highest BCUT2D eigenvalue weighted by Gasteiger charge is 2.25. The molecule has 0 radical (unpaired) electrons. The van der Waals surface area contributed by atoms with E-state index in [1.165, 1.54) is 31.2 Å². The van der Waals surface area contributed by atoms with E-state index in [1.54, 1.807) is 0 Å². The Morgan fingerprint density at radius 3 is 2.38 bits per heavy atom. The summed E-state index contributed by atoms with van der Waals surface area (Å²) in [7, 11) is 0. The maximum absolute atomic E-state index is 12.4. The molecule has 1 N–H and O–H groups in total. The summed E-state index contributed by atoms with van der Waals surface area (Å²) < 4.78 is 5.15. The van der Waals surface area contributed by atoms with E-state index in [1.807, 2.05) is 30.3 Å². The summed E-state index contributed by atoms with van der Waals surface area (Å²) in [4.78, 5) is 34.1. The van der Waals surface area contributed by atoms with Gasteiger partial charge in [-0.2, -0.15) is 0 Å². The topological polar surface area (TPSA) is 98.5 Å². The second-order valence-corrected chi connectivity index (χ2v) is 5.09. The van der Waals surface area contributed by atoms with E-state index in [0.717, 1.165) is 5.56 Å². The summed E-state index contributed by atoms with van der Waals surface area (Å²) in [6.07, 6.45) is 0.222. The third-order valence-corrected chi connectivity index (χ3v) is 3.22. The van der Waals surface area contributed by atoms with Gasteiger partial charge in [0.25, 0.3) is 0 Å². The first-order valence-electron chi connectivity index (χ1n) is 7.23. The van der Waals surface area contributed by atoms with Crippen molar-refractivity contribution in [3.63, 3.8) is 0 Å². The highest BCUT2D eigenvalue weighted by molar-refractivity contribution is 5.85. The van der Waals surface area contributed by atoms with E-state index in [9.17, 15) is 19.7 Å². The van der Waals surface area contributed by atoms with Crippen molar-refractivity contribution in [1.82, 2.24) is 5.32 Å². The Kier molecular flexibility index (Phi) is 5.62. The van der Waals surface area contributed by atoms with Crippen molar-refractivity contribution in [3.05, 3.63) is 70.3 Å². The number of esters is 1. The van der Waals surface area contributed by atoms with Crippen molar-refractivity contribution in [1.29, 1.82) is 0 Å². The predicted molar refractivity (Wildman–Crippen MR) is 86.5 cm³/mol. The smallest absolute Gasteiger partial charge is 0.334 e. The van der Waals surface area contributed by atoms with Gasteiger partial charge in [-0.1, -0.05) is 42.5 Å². The lowest BCUT2D eigenvalue weighted by molar-refractivity contribution is -0.385. The first kappa shape index (κ1) is 17.1. The summed E-state index contributed by atoms with van der Waals surface area (Å²) in [6.45, 7) is 1.29. The van der Waals surface area contributed by atoms with Crippen LogP contribution in [0.1, 0.15) is 12.5 Å². The maximum Gasteiger partial charge on any atom is 0.334 e. The number of benzene rings is 2. The number of hydrogen-bond acceptors (Lipinski definition) is 5. The molecular formula is C17H16N2O5. The zero-order valence-electron chi connectivity index (χ0n) is 13.0. The Morgan fingerprint density at radius 1 is 1.12 bits per heavy atom. The molecule has 24 heavy (non-hydrogen) atoms. The molecule has 0 heterocycles. The fourth-order valence-corrected chi connectivity index (χ4v) is 2.16. The second kappa shape index (κ2) is 7.87. The molecule has 124 valence electrons. The number of carbonyl (C=O) groups is 2. The molecule has 2 rings (SSSR count). The highest BCUT2D eigenvalue weighted by atomic mass is 16.6. The molecule has 7 nitrogen and oxygen atoms in total. The predicted octanol–water partition coefficient (Wildman–Crippen LogP) is 2.25. The number of hydrogen-bond donors (Lipinski definition) is 1. The Labute approximate surface area is 138 Å². The van der Waals surface area contributed by atoms with E-state index < -0.39 is 22.8 Å². The van der Waals surface area contributed by atoms with Crippen molar-refractivity contribution in [3.8, 4) is 5.75 Å². The number of ether oxygens (including phenoxy) is 1. The minimum Gasteiger partial charge on any atom is -0.418 e. The van der Waals surface area contributed by atoms with E-state index >= 15 is 0 Å². The van der Waals surface area contributed by atoms with Crippen LogP contribution in [-0.4, -0.2) is 22.8 Å². The van der Waals surface area contributed by atoms with Crippen LogP contribution in [0.15, 0.2) is 54.6 Å². The van der Waals surface area contributed by atoms with Gasteiger partial charge >= 0.3 is 11.7 Å². The zero-order chi connectivity index (χ0) is 17.5. The molecule has 2 aromatic rings. The van der Waals surface area contributed by atoms with E-state index in [-0.39, 0.29) is 17.9 Å². The molecule has 0 aliphatic rings. The van der Waals surface area contributed by atoms with Gasteiger partial charge in [0.05, 0.1) is 4.92 Å². The quantitative estimate of drug-likeness (QED) is 0.379. The van der Waals surface area contributed by atoms with Crippen LogP contribution in [0.3, 0.4) is 0 Å². The summed E-state index contributed by atoms with van der Waals surface area (Å²) in [5.74, 6) is -1.31. The third-order valence-electron chi connectivity index (χ3n) is 3.22. The minimum atomic E-state index is -0.940. The summed E-state index contributed by atoms with van der Waals surface area (Å²) in [6, 6.07) is 13.7. The highest BCUT2D eigenvalue weighted by Crippen LogP contribution is 2.26. The number of nitrogens with zero attached hydrogens (tertiary/aromatic N) is 1. The number of carbonyl (C=O) groups excluding carboxylic acids is 2. The van der Waals surface area contributed by atoms with Gasteiger partial charge in [-0.25, -0.2) is 4.79 Å². The van der Waals surface area contributed by atoms with E-state index in [4.69, 9.17) is 4.74 Å². The minimum absolute atomic E-state index is 0.157. The Morgan fingerprint density at radius 2 is 1.75 bits per heavy atom. The standard InChI is InChI=1S/C17H16N2O5/c1-12(20)18-14(11-13-7-3-2-4-8-13)17(21)24-16-10-6-5-9-15(16)19(22)23/h2-10,14H,11H2,1H3,(H,18,20)/t14-/m0/s1. The van der Waals surface area contributed by atoms with Crippen LogP contribution in [0, 0.1) is 10.1 Å². The Balaban J connectivity index is 2.19. The number of para-hydroxylation sites is 2. The van der Waals surface area contributed by atoms with E-state index in [0.29, 0.717) is 0 Å². The zero-order valence-corrected chi connectivity index (χ0v) is 13.0. The van der Waals surface area contributed by atoms with Gasteiger partial charge in [0, 0.05) is 19.4 Å². The molecule has 0 aromatic heterocycles.